The first-order valence-electron chi connectivity index (χ1n) is 5.85. The van der Waals surface area contributed by atoms with Crippen molar-refractivity contribution in [1.82, 2.24) is 10.3 Å². The summed E-state index contributed by atoms with van der Waals surface area (Å²) in [5.74, 6) is 0.666. The highest BCUT2D eigenvalue weighted by molar-refractivity contribution is 5.97. The maximum Gasteiger partial charge on any atom is 0.168 e. The summed E-state index contributed by atoms with van der Waals surface area (Å²) >= 11 is 0. The quantitative estimate of drug-likeness (QED) is 0.766. The summed E-state index contributed by atoms with van der Waals surface area (Å²) in [6.45, 7) is 6.44. The molecule has 0 saturated heterocycles. The van der Waals surface area contributed by atoms with Crippen LogP contribution in [0.25, 0.3) is 0 Å². The van der Waals surface area contributed by atoms with Crippen LogP contribution in [-0.2, 0) is 0 Å². The second-order valence-electron chi connectivity index (χ2n) is 4.40. The number of rotatable bonds is 6. The minimum Gasteiger partial charge on any atom is -0.489 e. The smallest absolute Gasteiger partial charge is 0.168 e. The van der Waals surface area contributed by atoms with Crippen LogP contribution in [0.3, 0.4) is 0 Å². The molecule has 94 valence electrons. The Labute approximate surface area is 102 Å². The molecule has 1 N–H and O–H groups in total. The normalized spacial score (nSPS) is 12.5. The van der Waals surface area contributed by atoms with Gasteiger partial charge in [-0.1, -0.05) is 6.92 Å². The molecule has 0 spiro atoms. The molecule has 17 heavy (non-hydrogen) atoms. The fourth-order valence-corrected chi connectivity index (χ4v) is 1.57. The van der Waals surface area contributed by atoms with E-state index < -0.39 is 0 Å². The molecular weight excluding hydrogens is 216 g/mol. The van der Waals surface area contributed by atoms with Gasteiger partial charge in [0.2, 0.25) is 0 Å². The monoisotopic (exact) mass is 236 g/mol. The molecule has 0 bridgehead atoms. The molecule has 0 aliphatic heterocycles. The molecule has 1 aromatic rings. The lowest BCUT2D eigenvalue weighted by molar-refractivity contribution is 0.0929. The highest BCUT2D eigenvalue weighted by Gasteiger charge is 2.15. The summed E-state index contributed by atoms with van der Waals surface area (Å²) in [7, 11) is 1.83. The molecule has 0 aliphatic rings. The van der Waals surface area contributed by atoms with Gasteiger partial charge < -0.3 is 10.1 Å². The minimum absolute atomic E-state index is 0.0592. The Morgan fingerprint density at radius 3 is 2.71 bits per heavy atom. The van der Waals surface area contributed by atoms with Gasteiger partial charge in [-0.05, 0) is 27.0 Å². The second kappa shape index (κ2) is 6.35. The van der Waals surface area contributed by atoms with E-state index in [0.29, 0.717) is 17.9 Å². The highest BCUT2D eigenvalue weighted by atomic mass is 16.5. The maximum absolute atomic E-state index is 12.0. The van der Waals surface area contributed by atoms with E-state index in [0.717, 1.165) is 0 Å². The van der Waals surface area contributed by atoms with Crippen LogP contribution >= 0.6 is 0 Å². The Bertz CT molecular complexity index is 377. The van der Waals surface area contributed by atoms with E-state index in [9.17, 15) is 4.79 Å². The molecule has 0 saturated carbocycles. The van der Waals surface area contributed by atoms with Crippen molar-refractivity contribution in [3.05, 3.63) is 24.0 Å². The first-order valence-corrected chi connectivity index (χ1v) is 5.85. The molecule has 0 fully saturated rings. The fraction of sp³-hybridized carbons (Fsp3) is 0.538. The van der Waals surface area contributed by atoms with Crippen LogP contribution in [0, 0.1) is 5.92 Å². The van der Waals surface area contributed by atoms with Crippen molar-refractivity contribution in [1.29, 1.82) is 0 Å². The van der Waals surface area contributed by atoms with Crippen molar-refractivity contribution < 1.29 is 9.53 Å². The number of nitrogens with one attached hydrogen (secondary N) is 1. The fourth-order valence-electron chi connectivity index (χ4n) is 1.57. The zero-order chi connectivity index (χ0) is 12.8. The molecule has 1 heterocycles. The average Bonchev–Trinajstić information content (AvgIpc) is 2.28. The lowest BCUT2D eigenvalue weighted by Crippen LogP contribution is -2.23. The summed E-state index contributed by atoms with van der Waals surface area (Å²) in [6.07, 6.45) is 3.29. The molecule has 0 aliphatic carbocycles. The Hall–Kier alpha value is -1.42. The van der Waals surface area contributed by atoms with Gasteiger partial charge in [0.15, 0.2) is 5.78 Å². The molecule has 0 radical (unpaired) electrons. The molecule has 4 nitrogen and oxygen atoms in total. The van der Waals surface area contributed by atoms with Crippen LogP contribution in [0.1, 0.15) is 31.1 Å². The van der Waals surface area contributed by atoms with Crippen LogP contribution in [0.15, 0.2) is 18.5 Å². The van der Waals surface area contributed by atoms with Gasteiger partial charge in [0, 0.05) is 24.2 Å². The van der Waals surface area contributed by atoms with Crippen LogP contribution < -0.4 is 10.1 Å². The van der Waals surface area contributed by atoms with E-state index in [-0.39, 0.29) is 17.8 Å². The number of carbonyl (C=O) groups excluding carboxylic acids is 1. The van der Waals surface area contributed by atoms with Crippen molar-refractivity contribution in [2.24, 2.45) is 5.92 Å². The van der Waals surface area contributed by atoms with Gasteiger partial charge >= 0.3 is 0 Å². The van der Waals surface area contributed by atoms with Crippen molar-refractivity contribution in [3.63, 3.8) is 0 Å². The van der Waals surface area contributed by atoms with Crippen LogP contribution in [0.2, 0.25) is 0 Å². The Morgan fingerprint density at radius 1 is 1.41 bits per heavy atom. The maximum atomic E-state index is 12.0. The van der Waals surface area contributed by atoms with E-state index in [1.165, 1.54) is 0 Å². The summed E-state index contributed by atoms with van der Waals surface area (Å²) in [5.41, 5.74) is 0.603. The van der Waals surface area contributed by atoms with Crippen molar-refractivity contribution >= 4 is 5.78 Å². The zero-order valence-corrected chi connectivity index (χ0v) is 10.9. The first-order chi connectivity index (χ1) is 8.04. The number of carbonyl (C=O) groups is 1. The van der Waals surface area contributed by atoms with Crippen molar-refractivity contribution in [3.8, 4) is 5.75 Å². The van der Waals surface area contributed by atoms with Crippen LogP contribution in [-0.4, -0.2) is 30.5 Å². The summed E-state index contributed by atoms with van der Waals surface area (Å²) in [5, 5.41) is 2.99. The number of ether oxygens (including phenoxy) is 1. The van der Waals surface area contributed by atoms with E-state index in [2.05, 4.69) is 10.3 Å². The molecule has 0 amide bonds. The number of Topliss-reactive ketones (excluding diaryl/α,β-unsaturated/α-hetero) is 1. The summed E-state index contributed by atoms with van der Waals surface area (Å²) < 4.78 is 5.51. The number of nitrogens with zero attached hydrogens (tertiary/aromatic N) is 1. The molecular formula is C13H20N2O2. The Morgan fingerprint density at radius 2 is 2.12 bits per heavy atom. The van der Waals surface area contributed by atoms with Gasteiger partial charge in [-0.2, -0.15) is 0 Å². The average molecular weight is 236 g/mol. The Kier molecular flexibility index (Phi) is 5.10. The molecule has 1 rings (SSSR count). The number of aromatic nitrogens is 1. The molecule has 1 aromatic heterocycles. The van der Waals surface area contributed by atoms with E-state index >= 15 is 0 Å². The predicted molar refractivity (Wildman–Crippen MR) is 67.4 cm³/mol. The van der Waals surface area contributed by atoms with Gasteiger partial charge in [0.25, 0.3) is 0 Å². The Balaban J connectivity index is 2.80. The summed E-state index contributed by atoms with van der Waals surface area (Å²) in [6, 6.07) is 1.75. The standard InChI is InChI=1S/C13H20N2O2/c1-9(2)17-12-5-11(7-15-8-12)13(16)10(3)6-14-4/h5,7-10,14H,6H2,1-4H3. The van der Waals surface area contributed by atoms with E-state index in [1.807, 2.05) is 27.8 Å². The highest BCUT2D eigenvalue weighted by Crippen LogP contribution is 2.15. The number of hydrogen-bond donors (Lipinski definition) is 1. The lowest BCUT2D eigenvalue weighted by atomic mass is 10.0. The molecule has 1 unspecified atom stereocenters. The van der Waals surface area contributed by atoms with E-state index in [1.54, 1.807) is 18.5 Å². The van der Waals surface area contributed by atoms with Crippen LogP contribution in [0.4, 0.5) is 0 Å². The third-order valence-electron chi connectivity index (χ3n) is 2.33. The van der Waals surface area contributed by atoms with E-state index in [4.69, 9.17) is 4.74 Å². The third kappa shape index (κ3) is 4.15. The van der Waals surface area contributed by atoms with Crippen LogP contribution in [0.5, 0.6) is 5.75 Å². The van der Waals surface area contributed by atoms with Gasteiger partial charge in [-0.15, -0.1) is 0 Å². The largest absolute Gasteiger partial charge is 0.489 e. The topological polar surface area (TPSA) is 51.2 Å². The lowest BCUT2D eigenvalue weighted by Gasteiger charge is -2.12. The third-order valence-corrected chi connectivity index (χ3v) is 2.33. The molecule has 1 atom stereocenters. The zero-order valence-electron chi connectivity index (χ0n) is 10.9. The number of hydrogen-bond acceptors (Lipinski definition) is 4. The van der Waals surface area contributed by atoms with Crippen molar-refractivity contribution in [2.45, 2.75) is 26.9 Å². The SMILES string of the molecule is CNCC(C)C(=O)c1cncc(OC(C)C)c1. The second-order valence-corrected chi connectivity index (χ2v) is 4.40. The summed E-state index contributed by atoms with van der Waals surface area (Å²) in [4.78, 5) is 16.1. The van der Waals surface area contributed by atoms with Gasteiger partial charge in [0.05, 0.1) is 12.3 Å². The van der Waals surface area contributed by atoms with Gasteiger partial charge in [-0.25, -0.2) is 0 Å². The molecule has 0 aromatic carbocycles. The van der Waals surface area contributed by atoms with Gasteiger partial charge in [0.1, 0.15) is 5.75 Å². The van der Waals surface area contributed by atoms with Gasteiger partial charge in [-0.3, -0.25) is 9.78 Å². The van der Waals surface area contributed by atoms with Crippen molar-refractivity contribution in [2.75, 3.05) is 13.6 Å². The molecule has 4 heteroatoms. The number of pyridine rings is 1. The first kappa shape index (κ1) is 13.6. The number of ketones is 1. The predicted octanol–water partition coefficient (Wildman–Crippen LogP) is 1.91. The minimum atomic E-state index is -0.0592.